The molecule has 0 N–H and O–H groups in total. The number of hydrogen-bond acceptors (Lipinski definition) is 4. The molecule has 0 amide bonds. The Kier molecular flexibility index (Phi) is 5.59. The summed E-state index contributed by atoms with van der Waals surface area (Å²) in [6.07, 6.45) is 0. The smallest absolute Gasteiger partial charge is 0.164 e. The lowest BCUT2D eigenvalue weighted by molar-refractivity contribution is 0.660. The number of nitrogens with zero attached hydrogens (tertiary/aromatic N) is 3. The van der Waals surface area contributed by atoms with E-state index < -0.39 is 0 Å². The lowest BCUT2D eigenvalue weighted by Gasteiger charge is -2.21. The van der Waals surface area contributed by atoms with E-state index >= 15 is 0 Å². The van der Waals surface area contributed by atoms with Gasteiger partial charge in [-0.1, -0.05) is 111 Å². The molecular formula is C44H29N3O. The zero-order chi connectivity index (χ0) is 32.0. The second-order valence-corrected chi connectivity index (χ2v) is 13.3. The van der Waals surface area contributed by atoms with E-state index in [4.69, 9.17) is 19.4 Å². The third-order valence-electron chi connectivity index (χ3n) is 10.1. The quantitative estimate of drug-likeness (QED) is 0.198. The molecule has 1 aliphatic rings. The molecule has 0 radical (unpaired) electrons. The van der Waals surface area contributed by atoms with Gasteiger partial charge in [-0.15, -0.1) is 0 Å². The first kappa shape index (κ1) is 27.0. The fraction of sp³-hybridized carbons (Fsp3) is 0.0682. The van der Waals surface area contributed by atoms with E-state index in [0.717, 1.165) is 49.4 Å². The van der Waals surface area contributed by atoms with Gasteiger partial charge in [0, 0.05) is 32.9 Å². The van der Waals surface area contributed by atoms with Gasteiger partial charge >= 0.3 is 0 Å². The summed E-state index contributed by atoms with van der Waals surface area (Å²) in [6.45, 7) is 4.60. The number of aromatic nitrogens is 3. The summed E-state index contributed by atoms with van der Waals surface area (Å²) in [7, 11) is 0. The third kappa shape index (κ3) is 4.06. The Balaban J connectivity index is 1.18. The van der Waals surface area contributed by atoms with E-state index in [1.54, 1.807) is 0 Å². The van der Waals surface area contributed by atoms with Crippen molar-refractivity contribution < 1.29 is 4.42 Å². The molecule has 0 spiro atoms. The van der Waals surface area contributed by atoms with Crippen LogP contribution in [0.15, 0.2) is 144 Å². The molecule has 0 saturated heterocycles. The van der Waals surface area contributed by atoms with Crippen molar-refractivity contribution in [2.45, 2.75) is 19.3 Å². The average molecular weight is 616 g/mol. The monoisotopic (exact) mass is 615 g/mol. The highest BCUT2D eigenvalue weighted by Gasteiger charge is 2.35. The van der Waals surface area contributed by atoms with Crippen molar-refractivity contribution >= 4 is 43.5 Å². The normalized spacial score (nSPS) is 13.4. The minimum atomic E-state index is -0.0704. The van der Waals surface area contributed by atoms with Crippen LogP contribution in [0, 0.1) is 0 Å². The van der Waals surface area contributed by atoms with Crippen LogP contribution in [0.4, 0.5) is 0 Å². The molecular weight excluding hydrogens is 587 g/mol. The SMILES string of the molecule is CC1(C)c2ccccc2-c2cc(-c3nc(-c4ccc5ccccc5c4)nc(-c4ccc5oc6cc7ccccc7cc6c5c4)n3)ccc21. The molecule has 0 aliphatic heterocycles. The van der Waals surface area contributed by atoms with Gasteiger partial charge in [0.15, 0.2) is 17.5 Å². The number of furan rings is 1. The lowest BCUT2D eigenvalue weighted by Crippen LogP contribution is -2.14. The molecule has 4 heteroatoms. The molecule has 0 saturated carbocycles. The minimum absolute atomic E-state index is 0.0704. The van der Waals surface area contributed by atoms with Gasteiger partial charge in [0.1, 0.15) is 11.2 Å². The standard InChI is InChI=1S/C44H29N3O/c1-44(2)37-14-8-7-13-33(37)34-23-31(17-19-38(34)44)42-45-41(30-16-15-26-9-3-4-10-27(26)21-30)46-43(47-42)32-18-20-39-35(24-32)36-22-28-11-5-6-12-29(28)25-40(36)48-39/h3-25H,1-2H3. The summed E-state index contributed by atoms with van der Waals surface area (Å²) < 4.78 is 6.31. The number of hydrogen-bond donors (Lipinski definition) is 0. The van der Waals surface area contributed by atoms with E-state index in [1.807, 2.05) is 6.07 Å². The van der Waals surface area contributed by atoms with Crippen molar-refractivity contribution in [3.63, 3.8) is 0 Å². The van der Waals surface area contributed by atoms with E-state index in [-0.39, 0.29) is 5.41 Å². The molecule has 226 valence electrons. The van der Waals surface area contributed by atoms with Crippen LogP contribution in [0.2, 0.25) is 0 Å². The summed E-state index contributed by atoms with van der Waals surface area (Å²) in [5.41, 5.74) is 9.65. The second kappa shape index (κ2) is 9.93. The Morgan fingerprint density at radius 2 is 0.958 bits per heavy atom. The Labute approximate surface area is 277 Å². The molecule has 0 atom stereocenters. The van der Waals surface area contributed by atoms with Crippen LogP contribution in [0.1, 0.15) is 25.0 Å². The fourth-order valence-electron chi connectivity index (χ4n) is 7.55. The van der Waals surface area contributed by atoms with Crippen LogP contribution in [0.3, 0.4) is 0 Å². The van der Waals surface area contributed by atoms with Gasteiger partial charge in [0.05, 0.1) is 0 Å². The average Bonchev–Trinajstić information content (AvgIpc) is 3.60. The second-order valence-electron chi connectivity index (χ2n) is 13.3. The highest BCUT2D eigenvalue weighted by atomic mass is 16.3. The Hall–Kier alpha value is -6.13. The van der Waals surface area contributed by atoms with Gasteiger partial charge in [0.25, 0.3) is 0 Å². The molecule has 2 heterocycles. The van der Waals surface area contributed by atoms with E-state index in [2.05, 4.69) is 147 Å². The van der Waals surface area contributed by atoms with Crippen molar-refractivity contribution in [1.82, 2.24) is 15.0 Å². The lowest BCUT2D eigenvalue weighted by atomic mass is 9.82. The zero-order valence-electron chi connectivity index (χ0n) is 26.5. The number of fused-ring (bicyclic) bond motifs is 8. The summed E-state index contributed by atoms with van der Waals surface area (Å²) in [5.74, 6) is 1.92. The molecule has 2 aromatic heterocycles. The van der Waals surface area contributed by atoms with Crippen molar-refractivity contribution in [3.05, 3.63) is 151 Å². The Bertz CT molecular complexity index is 2770. The maximum Gasteiger partial charge on any atom is 0.164 e. The molecule has 0 fully saturated rings. The third-order valence-corrected chi connectivity index (χ3v) is 10.1. The van der Waals surface area contributed by atoms with Crippen molar-refractivity contribution in [2.75, 3.05) is 0 Å². The fourth-order valence-corrected chi connectivity index (χ4v) is 7.55. The Morgan fingerprint density at radius 1 is 0.417 bits per heavy atom. The first-order chi connectivity index (χ1) is 23.5. The topological polar surface area (TPSA) is 51.8 Å². The van der Waals surface area contributed by atoms with Gasteiger partial charge in [-0.2, -0.15) is 0 Å². The van der Waals surface area contributed by atoms with Gasteiger partial charge in [-0.3, -0.25) is 0 Å². The van der Waals surface area contributed by atoms with Crippen molar-refractivity contribution in [2.24, 2.45) is 0 Å². The highest BCUT2D eigenvalue weighted by molar-refractivity contribution is 6.11. The van der Waals surface area contributed by atoms with Gasteiger partial charge in [0.2, 0.25) is 0 Å². The van der Waals surface area contributed by atoms with Crippen molar-refractivity contribution in [1.29, 1.82) is 0 Å². The molecule has 1 aliphatic carbocycles. The predicted molar refractivity (Wildman–Crippen MR) is 196 cm³/mol. The van der Waals surface area contributed by atoms with Gasteiger partial charge < -0.3 is 4.42 Å². The van der Waals surface area contributed by atoms with E-state index in [1.165, 1.54) is 33.0 Å². The van der Waals surface area contributed by atoms with E-state index in [0.29, 0.717) is 17.5 Å². The van der Waals surface area contributed by atoms with Crippen LogP contribution in [-0.2, 0) is 5.41 Å². The van der Waals surface area contributed by atoms with Crippen LogP contribution >= 0.6 is 0 Å². The predicted octanol–water partition coefficient (Wildman–Crippen LogP) is 11.4. The molecule has 9 aromatic rings. The Morgan fingerprint density at radius 3 is 1.73 bits per heavy atom. The van der Waals surface area contributed by atoms with Crippen LogP contribution < -0.4 is 0 Å². The molecule has 4 nitrogen and oxygen atoms in total. The first-order valence-corrected chi connectivity index (χ1v) is 16.4. The first-order valence-electron chi connectivity index (χ1n) is 16.4. The summed E-state index contributed by atoms with van der Waals surface area (Å²) in [5, 5.41) is 6.79. The maximum absolute atomic E-state index is 6.31. The largest absolute Gasteiger partial charge is 0.456 e. The molecule has 10 rings (SSSR count). The summed E-state index contributed by atoms with van der Waals surface area (Å²) >= 11 is 0. The van der Waals surface area contributed by atoms with Crippen LogP contribution in [0.25, 0.3) is 88.8 Å². The van der Waals surface area contributed by atoms with Gasteiger partial charge in [-0.25, -0.2) is 15.0 Å². The summed E-state index contributed by atoms with van der Waals surface area (Å²) in [6, 6.07) is 49.1. The summed E-state index contributed by atoms with van der Waals surface area (Å²) in [4.78, 5) is 15.4. The molecule has 0 bridgehead atoms. The van der Waals surface area contributed by atoms with Crippen LogP contribution in [-0.4, -0.2) is 15.0 Å². The highest BCUT2D eigenvalue weighted by Crippen LogP contribution is 2.49. The minimum Gasteiger partial charge on any atom is -0.456 e. The molecule has 7 aromatic carbocycles. The van der Waals surface area contributed by atoms with Crippen molar-refractivity contribution in [3.8, 4) is 45.3 Å². The van der Waals surface area contributed by atoms with E-state index in [9.17, 15) is 0 Å². The zero-order valence-corrected chi connectivity index (χ0v) is 26.5. The molecule has 48 heavy (non-hydrogen) atoms. The maximum atomic E-state index is 6.31. The van der Waals surface area contributed by atoms with Gasteiger partial charge in [-0.05, 0) is 86.3 Å². The molecule has 0 unspecified atom stereocenters. The van der Waals surface area contributed by atoms with Crippen LogP contribution in [0.5, 0.6) is 0 Å². The number of rotatable bonds is 3. The number of benzene rings is 7.